The number of hydrogen-bond acceptors (Lipinski definition) is 37. The van der Waals surface area contributed by atoms with Crippen molar-refractivity contribution in [2.45, 2.75) is 235 Å². The second-order valence-electron chi connectivity index (χ2n) is 28.0. The normalized spacial score (nSPS) is 28.6. The molecule has 21 atom stereocenters. The van der Waals surface area contributed by atoms with Gasteiger partial charge in [0.25, 0.3) is 0 Å². The van der Waals surface area contributed by atoms with E-state index in [1.807, 2.05) is 24.8 Å². The number of nitrogens with zero attached hydrogens (tertiary/aromatic N) is 14. The number of nitrogens with one attached hydrogen (secondary N) is 4. The van der Waals surface area contributed by atoms with Gasteiger partial charge >= 0.3 is 0 Å². The molecular formula is C67H114N18O27. The molecule has 112 heavy (non-hydrogen) atoms. The van der Waals surface area contributed by atoms with Crippen LogP contribution in [0.4, 0.5) is 0 Å². The van der Waals surface area contributed by atoms with Gasteiger partial charge in [-0.3, -0.25) is 29.0 Å². The van der Waals surface area contributed by atoms with E-state index in [9.17, 15) is 80.5 Å². The van der Waals surface area contributed by atoms with E-state index in [4.69, 9.17) is 52.1 Å². The standard InChI is InChI=1S/C67H114N18O27/c1-39(81(29-47-33-84(78-74-47)12-14-102-18-22-106-49-26-44(35-86)57(94)61(98)53(49)68-40(2)90)30-48-34-85(79-75-48)13-17-105-21-25-109-67-56(71-43(5)93)64(101)60(97)52(38-89)112-67)8-6-7-9-80(27-45-31-82(76-72-45)10-15-103-19-23-107-65-54(69-41(3)91)62(99)58(95)50(36-87)110-65)28-46-32-83(77-73-46)11-16-104-20-24-108-66-55(70-42(4)92)63(100)59(96)51(37-88)111-66/h31-34,39,44,49-67,86-89,94-101H,6-30,35-38H2,1-5H3,(H,68,90)(H,69,91)(H,70,92)(H,71,93)/t39?,44-,49-,50-,51-,52-,53+,54-,55-,56-,57+,58+,59+,60+,61-,62-,63-,64-,65-,66-,67-/m1/s1. The molecule has 1 saturated carbocycles. The molecule has 1 aliphatic carbocycles. The summed E-state index contributed by atoms with van der Waals surface area (Å²) >= 11 is 0. The summed E-state index contributed by atoms with van der Waals surface area (Å²) in [7, 11) is 0. The molecule has 4 aliphatic rings. The van der Waals surface area contributed by atoms with E-state index in [-0.39, 0.29) is 98.4 Å². The lowest BCUT2D eigenvalue weighted by molar-refractivity contribution is -0.272. The van der Waals surface area contributed by atoms with E-state index < -0.39 is 166 Å². The average Bonchev–Trinajstić information content (AvgIpc) is 1.58. The van der Waals surface area contributed by atoms with Crippen LogP contribution in [0.25, 0.3) is 0 Å². The summed E-state index contributed by atoms with van der Waals surface area (Å²) < 4.78 is 70.2. The minimum absolute atomic E-state index is 0.0159. The molecule has 0 aromatic carbocycles. The third-order valence-corrected chi connectivity index (χ3v) is 19.3. The molecule has 4 aromatic heterocycles. The summed E-state index contributed by atoms with van der Waals surface area (Å²) in [6.07, 6.45) is -9.26. The monoisotopic (exact) mass is 1600 g/mol. The van der Waals surface area contributed by atoms with Crippen LogP contribution < -0.4 is 21.3 Å². The number of aliphatic hydroxyl groups excluding tert-OH is 12. The lowest BCUT2D eigenvalue weighted by Crippen LogP contribution is -2.64. The van der Waals surface area contributed by atoms with Crippen LogP contribution in [0.1, 0.15) is 83.1 Å². The van der Waals surface area contributed by atoms with Crippen molar-refractivity contribution in [1.82, 2.24) is 91.0 Å². The van der Waals surface area contributed by atoms with Crippen LogP contribution in [0.5, 0.6) is 0 Å². The maximum Gasteiger partial charge on any atom is 0.217 e. The Labute approximate surface area is 645 Å². The van der Waals surface area contributed by atoms with Gasteiger partial charge < -0.3 is 135 Å². The largest absolute Gasteiger partial charge is 0.396 e. The van der Waals surface area contributed by atoms with Crippen molar-refractivity contribution in [1.29, 1.82) is 0 Å². The quantitative estimate of drug-likeness (QED) is 0.0183. The highest BCUT2D eigenvalue weighted by Crippen LogP contribution is 2.29. The number of amides is 4. The van der Waals surface area contributed by atoms with Crippen LogP contribution in [-0.2, 0) is 124 Å². The predicted octanol–water partition coefficient (Wildman–Crippen LogP) is -9.11. The molecule has 8 rings (SSSR count). The zero-order valence-electron chi connectivity index (χ0n) is 63.7. The molecule has 3 aliphatic heterocycles. The minimum atomic E-state index is -1.46. The van der Waals surface area contributed by atoms with Crippen molar-refractivity contribution >= 4 is 23.6 Å². The SMILES string of the molecule is CC(=O)N[C@@H]1[C@@H](O)[C@@H](O)[C@@H](CO)C[C@H]1OCCOCCn1cc(CN(Cc2cn(CCOCCO[C@@H]3O[C@H](CO)[C@H](O)[C@H](O)[C@H]3NC(C)=O)nn2)C(C)CCCCN(Cc2cn(CCOCCO[C@@H]3O[C@H](CO)[C@H](O)[C@H](O)[C@H]3NC(C)=O)nn2)Cc2cn(CCOCCO[C@@H]3O[C@H](CO)[C@H](O)[C@H](O)[C@H]3NC(C)=O)nn2)nn1. The Bertz CT molecular complexity index is 3180. The fourth-order valence-electron chi connectivity index (χ4n) is 13.4. The molecular weight excluding hydrogens is 1490 g/mol. The summed E-state index contributed by atoms with van der Waals surface area (Å²) in [4.78, 5) is 52.0. The molecule has 45 nitrogen and oxygen atoms in total. The first kappa shape index (κ1) is 91.0. The Kier molecular flexibility index (Phi) is 38.1. The fourth-order valence-corrected chi connectivity index (χ4v) is 13.4. The van der Waals surface area contributed by atoms with Crippen LogP contribution >= 0.6 is 0 Å². The Morgan fingerprint density at radius 3 is 1.08 bits per heavy atom. The zero-order valence-corrected chi connectivity index (χ0v) is 63.7. The van der Waals surface area contributed by atoms with E-state index in [2.05, 4.69) is 79.2 Å². The Morgan fingerprint density at radius 2 is 0.750 bits per heavy atom. The van der Waals surface area contributed by atoms with E-state index in [0.29, 0.717) is 81.7 Å². The van der Waals surface area contributed by atoms with Crippen LogP contribution in [-0.4, -0.2) is 389 Å². The van der Waals surface area contributed by atoms with E-state index in [1.54, 1.807) is 18.7 Å². The Hall–Kier alpha value is -6.56. The van der Waals surface area contributed by atoms with Crippen LogP contribution in [0.2, 0.25) is 0 Å². The van der Waals surface area contributed by atoms with E-state index >= 15 is 0 Å². The maximum atomic E-state index is 11.9. The number of aliphatic hydroxyl groups is 12. The molecule has 4 amide bonds. The van der Waals surface area contributed by atoms with E-state index in [1.165, 1.54) is 27.7 Å². The summed E-state index contributed by atoms with van der Waals surface area (Å²) in [6, 6.07) is -4.24. The lowest BCUT2D eigenvalue weighted by Gasteiger charge is -2.42. The molecule has 7 heterocycles. The van der Waals surface area contributed by atoms with Crippen LogP contribution in [0, 0.1) is 5.92 Å². The number of unbranched alkanes of at least 4 members (excludes halogenated alkanes) is 1. The summed E-state index contributed by atoms with van der Waals surface area (Å²) in [6.45, 7) is 9.68. The molecule has 4 fully saturated rings. The van der Waals surface area contributed by atoms with Gasteiger partial charge in [0.1, 0.15) is 79.2 Å². The molecule has 4 aromatic rings. The second-order valence-corrected chi connectivity index (χ2v) is 28.0. The van der Waals surface area contributed by atoms with Gasteiger partial charge in [0.2, 0.25) is 23.6 Å². The molecule has 3 saturated heterocycles. The van der Waals surface area contributed by atoms with Gasteiger partial charge in [-0.05, 0) is 32.7 Å². The smallest absolute Gasteiger partial charge is 0.217 e. The Morgan fingerprint density at radius 1 is 0.429 bits per heavy atom. The number of ether oxygens (including phenoxy) is 11. The molecule has 0 bridgehead atoms. The highest BCUT2D eigenvalue weighted by molar-refractivity contribution is 5.74. The third kappa shape index (κ3) is 28.1. The number of carbonyl (C=O) groups excluding carboxylic acids is 4. The number of hydrogen-bond donors (Lipinski definition) is 16. The number of carbonyl (C=O) groups is 4. The topological polar surface area (TPSA) is 590 Å². The fraction of sp³-hybridized carbons (Fsp3) is 0.821. The molecule has 45 heteroatoms. The zero-order chi connectivity index (χ0) is 80.8. The molecule has 0 radical (unpaired) electrons. The third-order valence-electron chi connectivity index (χ3n) is 19.3. The number of aromatic nitrogens is 12. The molecule has 0 spiro atoms. The van der Waals surface area contributed by atoms with Crippen LogP contribution in [0.3, 0.4) is 0 Å². The summed E-state index contributed by atoms with van der Waals surface area (Å²) in [5.74, 6) is -2.49. The second kappa shape index (κ2) is 46.9. The van der Waals surface area contributed by atoms with Crippen molar-refractivity contribution in [3.63, 3.8) is 0 Å². The molecule has 16 N–H and O–H groups in total. The first-order valence-electron chi connectivity index (χ1n) is 37.6. The van der Waals surface area contributed by atoms with Crippen LogP contribution in [0.15, 0.2) is 24.8 Å². The van der Waals surface area contributed by atoms with Gasteiger partial charge in [-0.1, -0.05) is 27.3 Å². The van der Waals surface area contributed by atoms with Gasteiger partial charge in [0.05, 0.1) is 166 Å². The first-order valence-corrected chi connectivity index (χ1v) is 37.6. The van der Waals surface area contributed by atoms with Gasteiger partial charge in [-0.2, -0.15) is 0 Å². The minimum Gasteiger partial charge on any atom is -0.396 e. The first-order chi connectivity index (χ1) is 53.9. The van der Waals surface area contributed by atoms with Crippen molar-refractivity contribution < 1.29 is 133 Å². The van der Waals surface area contributed by atoms with Gasteiger partial charge in [0, 0.05) is 97.2 Å². The highest BCUT2D eigenvalue weighted by atomic mass is 16.7. The Balaban J connectivity index is 0.872. The lowest BCUT2D eigenvalue weighted by atomic mass is 9.79. The average molecular weight is 1600 g/mol. The van der Waals surface area contributed by atoms with Crippen molar-refractivity contribution in [2.75, 3.05) is 112 Å². The predicted molar refractivity (Wildman–Crippen MR) is 379 cm³/mol. The summed E-state index contributed by atoms with van der Waals surface area (Å²) in [5.41, 5.74) is 2.64. The maximum absolute atomic E-state index is 11.9. The highest BCUT2D eigenvalue weighted by Gasteiger charge is 2.49. The van der Waals surface area contributed by atoms with Crippen molar-refractivity contribution in [3.05, 3.63) is 47.6 Å². The molecule has 1 unspecified atom stereocenters. The van der Waals surface area contributed by atoms with E-state index in [0.717, 1.165) is 19.3 Å². The van der Waals surface area contributed by atoms with Gasteiger partial charge in [-0.25, -0.2) is 18.7 Å². The van der Waals surface area contributed by atoms with Crippen molar-refractivity contribution in [3.8, 4) is 0 Å². The van der Waals surface area contributed by atoms with Gasteiger partial charge in [0.15, 0.2) is 18.9 Å². The molecule has 634 valence electrons. The van der Waals surface area contributed by atoms with Gasteiger partial charge in [-0.15, -0.1) is 20.4 Å². The number of rotatable bonds is 50. The summed E-state index contributed by atoms with van der Waals surface area (Å²) in [5, 5.41) is 169. The van der Waals surface area contributed by atoms with Crippen molar-refractivity contribution in [2.24, 2.45) is 5.92 Å².